The number of anilines is 1. The Labute approximate surface area is 189 Å². The fourth-order valence-corrected chi connectivity index (χ4v) is 4.33. The van der Waals surface area contributed by atoms with Crippen molar-refractivity contribution in [1.29, 1.82) is 0 Å². The fourth-order valence-electron chi connectivity index (χ4n) is 4.33. The quantitative estimate of drug-likeness (QED) is 0.518. The molecule has 2 saturated heterocycles. The van der Waals surface area contributed by atoms with Crippen LogP contribution in [0.4, 0.5) is 10.1 Å². The van der Waals surface area contributed by atoms with Gasteiger partial charge in [-0.3, -0.25) is 4.79 Å². The van der Waals surface area contributed by atoms with Crippen molar-refractivity contribution in [2.24, 2.45) is 0 Å². The number of hydrogen-bond acceptors (Lipinski definition) is 7. The van der Waals surface area contributed by atoms with Crippen LogP contribution in [0.15, 0.2) is 24.3 Å². The molecule has 180 valence electrons. The number of benzene rings is 1. The van der Waals surface area contributed by atoms with Gasteiger partial charge in [-0.15, -0.1) is 0 Å². The van der Waals surface area contributed by atoms with Crippen LogP contribution in [0.25, 0.3) is 0 Å². The predicted molar refractivity (Wildman–Crippen MR) is 119 cm³/mol. The minimum absolute atomic E-state index is 0.0410. The summed E-state index contributed by atoms with van der Waals surface area (Å²) in [6.07, 6.45) is -0.512. The Morgan fingerprint density at radius 3 is 2.59 bits per heavy atom. The maximum atomic E-state index is 13.7. The minimum Gasteiger partial charge on any atom is -0.386 e. The molecule has 2 aliphatic heterocycles. The molecule has 1 aromatic carbocycles. The van der Waals surface area contributed by atoms with E-state index < -0.39 is 25.1 Å². The van der Waals surface area contributed by atoms with E-state index in [1.54, 1.807) is 12.1 Å². The Morgan fingerprint density at radius 1 is 1.28 bits per heavy atom. The van der Waals surface area contributed by atoms with E-state index in [1.807, 2.05) is 31.0 Å². The smallest absolute Gasteiger partial charge is 0.221 e. The number of nitrogens with zero attached hydrogens (tertiary/aromatic N) is 2. The van der Waals surface area contributed by atoms with E-state index in [4.69, 9.17) is 9.47 Å². The first-order chi connectivity index (χ1) is 15.4. The second-order valence-electron chi connectivity index (χ2n) is 8.72. The molecule has 0 radical (unpaired) electrons. The number of halogens is 1. The summed E-state index contributed by atoms with van der Waals surface area (Å²) in [6.45, 7) is 4.51. The fraction of sp³-hybridized carbons (Fsp3) is 0.696. The summed E-state index contributed by atoms with van der Waals surface area (Å²) < 4.78 is 24.4. The van der Waals surface area contributed by atoms with Crippen LogP contribution in [0.1, 0.15) is 37.9 Å². The number of hydrogen-bond donors (Lipinski definition) is 3. The highest BCUT2D eigenvalue weighted by Crippen LogP contribution is 2.24. The average molecular weight is 454 g/mol. The van der Waals surface area contributed by atoms with Gasteiger partial charge in [0, 0.05) is 44.2 Å². The zero-order valence-corrected chi connectivity index (χ0v) is 19.0. The van der Waals surface area contributed by atoms with E-state index in [-0.39, 0.29) is 24.5 Å². The van der Waals surface area contributed by atoms with Gasteiger partial charge in [0.15, 0.2) is 6.29 Å². The number of alkyl halides is 1. The molecular weight excluding hydrogens is 417 g/mol. The maximum absolute atomic E-state index is 13.7. The Kier molecular flexibility index (Phi) is 9.24. The molecule has 0 bridgehead atoms. The number of aliphatic hydroxyl groups is 2. The van der Waals surface area contributed by atoms with Gasteiger partial charge >= 0.3 is 0 Å². The van der Waals surface area contributed by atoms with Crippen LogP contribution >= 0.6 is 0 Å². The van der Waals surface area contributed by atoms with Crippen LogP contribution in [-0.2, 0) is 14.3 Å². The number of carbonyl (C=O) groups excluding carboxylic acids is 1. The number of ether oxygens (including phenoxy) is 2. The number of carbonyl (C=O) groups is 1. The van der Waals surface area contributed by atoms with Crippen molar-refractivity contribution >= 4 is 11.6 Å². The van der Waals surface area contributed by atoms with Crippen molar-refractivity contribution in [3.63, 3.8) is 0 Å². The number of rotatable bonds is 9. The molecule has 0 aliphatic carbocycles. The molecule has 32 heavy (non-hydrogen) atoms. The lowest BCUT2D eigenvalue weighted by atomic mass is 10.0. The van der Waals surface area contributed by atoms with Crippen LogP contribution < -0.4 is 10.2 Å². The molecule has 2 heterocycles. The lowest BCUT2D eigenvalue weighted by molar-refractivity contribution is -0.173. The average Bonchev–Trinajstić information content (AvgIpc) is 2.80. The van der Waals surface area contributed by atoms with Crippen molar-refractivity contribution in [3.05, 3.63) is 29.8 Å². The molecule has 5 atom stereocenters. The third-order valence-corrected chi connectivity index (χ3v) is 6.29. The molecule has 9 heteroatoms. The van der Waals surface area contributed by atoms with Gasteiger partial charge in [-0.05, 0) is 38.1 Å². The zero-order chi connectivity index (χ0) is 23.1. The van der Waals surface area contributed by atoms with E-state index in [0.29, 0.717) is 31.7 Å². The summed E-state index contributed by atoms with van der Waals surface area (Å²) >= 11 is 0. The van der Waals surface area contributed by atoms with E-state index in [0.717, 1.165) is 25.2 Å². The predicted octanol–water partition coefficient (Wildman–Crippen LogP) is 1.22. The topological polar surface area (TPSA) is 94.5 Å². The summed E-state index contributed by atoms with van der Waals surface area (Å²) in [4.78, 5) is 16.6. The van der Waals surface area contributed by atoms with Gasteiger partial charge in [0.1, 0.15) is 12.8 Å². The molecule has 1 amide bonds. The van der Waals surface area contributed by atoms with Crippen LogP contribution in [0.3, 0.4) is 0 Å². The van der Waals surface area contributed by atoms with Gasteiger partial charge in [0.25, 0.3) is 0 Å². The minimum atomic E-state index is -1.13. The van der Waals surface area contributed by atoms with Gasteiger partial charge in [0.05, 0.1) is 25.4 Å². The Morgan fingerprint density at radius 2 is 1.97 bits per heavy atom. The molecule has 1 aromatic rings. The Bertz CT molecular complexity index is 706. The van der Waals surface area contributed by atoms with Gasteiger partial charge < -0.3 is 34.8 Å². The second kappa shape index (κ2) is 11.9. The van der Waals surface area contributed by atoms with Gasteiger partial charge in [0.2, 0.25) is 5.91 Å². The van der Waals surface area contributed by atoms with Gasteiger partial charge in [-0.2, -0.15) is 0 Å². The van der Waals surface area contributed by atoms with E-state index in [9.17, 15) is 19.4 Å². The van der Waals surface area contributed by atoms with E-state index in [1.165, 1.54) is 0 Å². The molecule has 2 aliphatic rings. The van der Waals surface area contributed by atoms with Crippen LogP contribution in [0.5, 0.6) is 0 Å². The summed E-state index contributed by atoms with van der Waals surface area (Å²) in [5, 5.41) is 23.0. The molecule has 3 N–H and O–H groups in total. The van der Waals surface area contributed by atoms with Crippen molar-refractivity contribution in [2.75, 3.05) is 51.5 Å². The highest BCUT2D eigenvalue weighted by Gasteiger charge is 2.29. The van der Waals surface area contributed by atoms with Crippen LogP contribution in [0.2, 0.25) is 0 Å². The zero-order valence-electron chi connectivity index (χ0n) is 19.0. The number of aliphatic hydroxyl groups excluding tert-OH is 2. The van der Waals surface area contributed by atoms with Crippen LogP contribution in [-0.4, -0.2) is 92.1 Å². The maximum Gasteiger partial charge on any atom is 0.221 e. The molecule has 8 nitrogen and oxygen atoms in total. The third-order valence-electron chi connectivity index (χ3n) is 6.29. The lowest BCUT2D eigenvalue weighted by Gasteiger charge is -2.36. The van der Waals surface area contributed by atoms with Crippen molar-refractivity contribution in [3.8, 4) is 0 Å². The SMILES string of the molecule is C[C@@H]1C[C@H](N(C)CCC(=O)N[C@H](CF)[C@H](O)c2ccc(N3CCOCC3)cc2)C[C@H](O)O1. The number of morpholine rings is 1. The molecule has 0 aromatic heterocycles. The first kappa shape index (κ1) is 24.9. The highest BCUT2D eigenvalue weighted by molar-refractivity contribution is 5.76. The summed E-state index contributed by atoms with van der Waals surface area (Å²) in [7, 11) is 1.90. The number of nitrogens with one attached hydrogen (secondary N) is 1. The third kappa shape index (κ3) is 6.86. The normalized spacial score (nSPS) is 26.1. The lowest BCUT2D eigenvalue weighted by Crippen LogP contribution is -2.45. The van der Waals surface area contributed by atoms with Crippen molar-refractivity contribution in [1.82, 2.24) is 10.2 Å². The standard InChI is InChI=1S/C23H36FN3O5/c1-16-13-19(14-22(29)32-16)26(2)8-7-21(28)25-20(15-24)23(30)17-3-5-18(6-4-17)27-9-11-31-12-10-27/h3-6,16,19-20,22-23,29-30H,7-15H2,1-2H3,(H,25,28)/t16-,19+,20-,22-,23-/m1/s1. The molecule has 3 rings (SSSR count). The first-order valence-electron chi connectivity index (χ1n) is 11.4. The molecule has 0 unspecified atom stereocenters. The summed E-state index contributed by atoms with van der Waals surface area (Å²) in [5.74, 6) is -0.316. The van der Waals surface area contributed by atoms with Gasteiger partial charge in [-0.1, -0.05) is 12.1 Å². The molecule has 2 fully saturated rings. The molecule has 0 spiro atoms. The van der Waals surface area contributed by atoms with Crippen molar-refractivity contribution < 1.29 is 28.9 Å². The Hall–Kier alpha value is -1.78. The van der Waals surface area contributed by atoms with Gasteiger partial charge in [-0.25, -0.2) is 4.39 Å². The largest absolute Gasteiger partial charge is 0.386 e. The number of amides is 1. The molecular formula is C23H36FN3O5. The molecule has 0 saturated carbocycles. The second-order valence-corrected chi connectivity index (χ2v) is 8.72. The Balaban J connectivity index is 1.48. The van der Waals surface area contributed by atoms with Crippen LogP contribution in [0, 0.1) is 0 Å². The van der Waals surface area contributed by atoms with E-state index >= 15 is 0 Å². The summed E-state index contributed by atoms with van der Waals surface area (Å²) in [5.41, 5.74) is 1.59. The first-order valence-corrected chi connectivity index (χ1v) is 11.4. The highest BCUT2D eigenvalue weighted by atomic mass is 19.1. The monoisotopic (exact) mass is 453 g/mol. The van der Waals surface area contributed by atoms with Crippen molar-refractivity contribution in [2.45, 2.75) is 56.8 Å². The summed E-state index contributed by atoms with van der Waals surface area (Å²) in [6, 6.07) is 6.46. The van der Waals surface area contributed by atoms with E-state index in [2.05, 4.69) is 10.2 Å².